The summed E-state index contributed by atoms with van der Waals surface area (Å²) in [6, 6.07) is 10.4. The summed E-state index contributed by atoms with van der Waals surface area (Å²) in [5.74, 6) is 1.000. The first-order valence-electron chi connectivity index (χ1n) is 11.3. The van der Waals surface area contributed by atoms with Crippen molar-refractivity contribution < 1.29 is 9.53 Å². The lowest BCUT2D eigenvalue weighted by molar-refractivity contribution is -0.131. The summed E-state index contributed by atoms with van der Waals surface area (Å²) in [4.78, 5) is 23.6. The monoisotopic (exact) mass is 567 g/mol. The van der Waals surface area contributed by atoms with Gasteiger partial charge < -0.3 is 24.8 Å². The Morgan fingerprint density at radius 3 is 2.58 bits per heavy atom. The molecule has 2 fully saturated rings. The van der Waals surface area contributed by atoms with Crippen LogP contribution in [0.25, 0.3) is 0 Å². The molecule has 2 aliphatic heterocycles. The highest BCUT2D eigenvalue weighted by molar-refractivity contribution is 14.0. The molecular formula is C23H34IN7O2. The fourth-order valence-electron chi connectivity index (χ4n) is 4.27. The molecule has 3 heterocycles. The number of benzene rings is 1. The molecule has 0 bridgehead atoms. The SMILES string of the molecule is CN=C(NCCC(=O)N1CCN(c2ccccc2)CC1)N1CCOC(c2cnn(C)c2)C1.I. The molecule has 1 amide bonds. The van der Waals surface area contributed by atoms with Gasteiger partial charge in [-0.1, -0.05) is 18.2 Å². The van der Waals surface area contributed by atoms with Gasteiger partial charge in [0, 0.05) is 77.2 Å². The highest BCUT2D eigenvalue weighted by Gasteiger charge is 2.26. The Labute approximate surface area is 212 Å². The van der Waals surface area contributed by atoms with Crippen LogP contribution in [0.2, 0.25) is 0 Å². The van der Waals surface area contributed by atoms with Crippen molar-refractivity contribution in [3.8, 4) is 0 Å². The van der Waals surface area contributed by atoms with Gasteiger partial charge in [-0.05, 0) is 12.1 Å². The van der Waals surface area contributed by atoms with Crippen molar-refractivity contribution in [1.29, 1.82) is 0 Å². The van der Waals surface area contributed by atoms with Gasteiger partial charge in [0.05, 0.1) is 19.3 Å². The van der Waals surface area contributed by atoms with Gasteiger partial charge in [0.2, 0.25) is 5.91 Å². The Bertz CT molecular complexity index is 913. The minimum absolute atomic E-state index is 0. The first-order valence-corrected chi connectivity index (χ1v) is 11.3. The third-order valence-corrected chi connectivity index (χ3v) is 6.05. The summed E-state index contributed by atoms with van der Waals surface area (Å²) < 4.78 is 7.71. The minimum Gasteiger partial charge on any atom is -0.370 e. The maximum atomic E-state index is 12.7. The number of nitrogens with zero attached hydrogens (tertiary/aromatic N) is 6. The normalized spacial score (nSPS) is 19.3. The van der Waals surface area contributed by atoms with E-state index in [0.717, 1.165) is 44.2 Å². The van der Waals surface area contributed by atoms with E-state index in [9.17, 15) is 4.79 Å². The number of nitrogens with one attached hydrogen (secondary N) is 1. The summed E-state index contributed by atoms with van der Waals surface area (Å²) in [6.45, 7) is 5.94. The lowest BCUT2D eigenvalue weighted by Gasteiger charge is -2.36. The number of amides is 1. The molecule has 0 radical (unpaired) electrons. The predicted octanol–water partition coefficient (Wildman–Crippen LogP) is 1.73. The third-order valence-electron chi connectivity index (χ3n) is 6.05. The van der Waals surface area contributed by atoms with Crippen LogP contribution in [-0.2, 0) is 16.6 Å². The van der Waals surface area contributed by atoms with Crippen molar-refractivity contribution in [3.05, 3.63) is 48.3 Å². The van der Waals surface area contributed by atoms with E-state index >= 15 is 0 Å². The van der Waals surface area contributed by atoms with Crippen molar-refractivity contribution in [1.82, 2.24) is 24.9 Å². The Morgan fingerprint density at radius 2 is 1.91 bits per heavy atom. The molecule has 2 aliphatic rings. The second-order valence-corrected chi connectivity index (χ2v) is 8.18. The number of ether oxygens (including phenoxy) is 1. The van der Waals surface area contributed by atoms with E-state index in [4.69, 9.17) is 4.74 Å². The third kappa shape index (κ3) is 6.59. The van der Waals surface area contributed by atoms with E-state index in [1.54, 1.807) is 11.7 Å². The zero-order valence-corrected chi connectivity index (χ0v) is 21.7. The lowest BCUT2D eigenvalue weighted by Crippen LogP contribution is -2.50. The molecule has 0 saturated carbocycles. The van der Waals surface area contributed by atoms with Crippen molar-refractivity contribution in [2.75, 3.05) is 64.4 Å². The van der Waals surface area contributed by atoms with E-state index in [1.165, 1.54) is 5.69 Å². The molecular weight excluding hydrogens is 533 g/mol. The number of hydrogen-bond donors (Lipinski definition) is 1. The molecule has 2 aromatic rings. The number of aliphatic imine (C=N–C) groups is 1. The number of morpholine rings is 1. The van der Waals surface area contributed by atoms with Gasteiger partial charge in [0.25, 0.3) is 0 Å². The highest BCUT2D eigenvalue weighted by atomic mass is 127. The van der Waals surface area contributed by atoms with Crippen LogP contribution in [0.3, 0.4) is 0 Å². The van der Waals surface area contributed by atoms with E-state index in [-0.39, 0.29) is 36.0 Å². The Morgan fingerprint density at radius 1 is 1.15 bits per heavy atom. The minimum atomic E-state index is -0.0291. The van der Waals surface area contributed by atoms with Gasteiger partial charge in [-0.3, -0.25) is 14.5 Å². The maximum absolute atomic E-state index is 12.7. The van der Waals surface area contributed by atoms with Gasteiger partial charge in [0.15, 0.2) is 5.96 Å². The van der Waals surface area contributed by atoms with Crippen LogP contribution < -0.4 is 10.2 Å². The molecule has 0 aliphatic carbocycles. The van der Waals surface area contributed by atoms with Gasteiger partial charge in [0.1, 0.15) is 6.10 Å². The van der Waals surface area contributed by atoms with E-state index in [1.807, 2.05) is 30.4 Å². The fraction of sp³-hybridized carbons (Fsp3) is 0.522. The molecule has 1 atom stereocenters. The fourth-order valence-corrected chi connectivity index (χ4v) is 4.27. The summed E-state index contributed by atoms with van der Waals surface area (Å²) >= 11 is 0. The maximum Gasteiger partial charge on any atom is 0.224 e. The second kappa shape index (κ2) is 12.2. The molecule has 2 saturated heterocycles. The standard InChI is InChI=1S/C23H33N7O2.HI/c1-24-23(30-14-15-32-21(18-30)19-16-26-27(2)17-19)25-9-8-22(31)29-12-10-28(11-13-29)20-6-4-3-5-7-20;/h3-7,16-17,21H,8-15,18H2,1-2H3,(H,24,25);1H. The summed E-state index contributed by atoms with van der Waals surface area (Å²) in [6.07, 6.45) is 4.26. The van der Waals surface area contributed by atoms with Crippen LogP contribution in [0.5, 0.6) is 0 Å². The summed E-state index contributed by atoms with van der Waals surface area (Å²) in [5, 5.41) is 7.61. The van der Waals surface area contributed by atoms with Crippen molar-refractivity contribution in [3.63, 3.8) is 0 Å². The largest absolute Gasteiger partial charge is 0.370 e. The Kier molecular flexibility index (Phi) is 9.36. The first-order chi connectivity index (χ1) is 15.6. The van der Waals surface area contributed by atoms with Gasteiger partial charge >= 0.3 is 0 Å². The molecule has 0 spiro atoms. The van der Waals surface area contributed by atoms with E-state index in [2.05, 4.69) is 49.5 Å². The first kappa shape index (κ1) is 25.3. The number of rotatable bonds is 5. The summed E-state index contributed by atoms with van der Waals surface area (Å²) in [5.41, 5.74) is 2.29. The number of hydrogen-bond acceptors (Lipinski definition) is 5. The molecule has 180 valence electrons. The topological polar surface area (TPSA) is 78.2 Å². The Balaban J connectivity index is 0.00000306. The lowest BCUT2D eigenvalue weighted by atomic mass is 10.1. The average Bonchev–Trinajstić information content (AvgIpc) is 3.29. The smallest absolute Gasteiger partial charge is 0.224 e. The van der Waals surface area contributed by atoms with Crippen LogP contribution in [0.4, 0.5) is 5.69 Å². The molecule has 1 unspecified atom stereocenters. The van der Waals surface area contributed by atoms with Crippen LogP contribution in [0.1, 0.15) is 18.1 Å². The summed E-state index contributed by atoms with van der Waals surface area (Å²) in [7, 11) is 3.69. The quantitative estimate of drug-likeness (QED) is 0.337. The number of carbonyl (C=O) groups excluding carboxylic acids is 1. The molecule has 1 aromatic heterocycles. The molecule has 1 N–H and O–H groups in total. The molecule has 9 nitrogen and oxygen atoms in total. The zero-order chi connectivity index (χ0) is 22.3. The number of para-hydroxylation sites is 1. The van der Waals surface area contributed by atoms with Gasteiger partial charge in [-0.2, -0.15) is 5.10 Å². The number of aromatic nitrogens is 2. The molecule has 33 heavy (non-hydrogen) atoms. The Hall–Kier alpha value is -2.34. The van der Waals surface area contributed by atoms with Crippen molar-refractivity contribution >= 4 is 41.5 Å². The number of guanidine groups is 1. The van der Waals surface area contributed by atoms with Crippen LogP contribution in [-0.4, -0.2) is 90.9 Å². The van der Waals surface area contributed by atoms with E-state index < -0.39 is 0 Å². The van der Waals surface area contributed by atoms with Gasteiger partial charge in [-0.15, -0.1) is 24.0 Å². The van der Waals surface area contributed by atoms with Crippen LogP contribution >= 0.6 is 24.0 Å². The number of carbonyl (C=O) groups is 1. The number of halogens is 1. The van der Waals surface area contributed by atoms with Crippen LogP contribution in [0.15, 0.2) is 47.7 Å². The number of piperazine rings is 1. The van der Waals surface area contributed by atoms with Crippen molar-refractivity contribution in [2.45, 2.75) is 12.5 Å². The van der Waals surface area contributed by atoms with Gasteiger partial charge in [-0.25, -0.2) is 0 Å². The molecule has 4 rings (SSSR count). The number of anilines is 1. The van der Waals surface area contributed by atoms with Crippen molar-refractivity contribution in [2.24, 2.45) is 12.0 Å². The second-order valence-electron chi connectivity index (χ2n) is 8.18. The predicted molar refractivity (Wildman–Crippen MR) is 140 cm³/mol. The number of aryl methyl sites for hydroxylation is 1. The average molecular weight is 567 g/mol. The molecule has 10 heteroatoms. The molecule has 1 aromatic carbocycles. The van der Waals surface area contributed by atoms with Crippen LogP contribution in [0, 0.1) is 0 Å². The van der Waals surface area contributed by atoms with E-state index in [0.29, 0.717) is 26.1 Å². The zero-order valence-electron chi connectivity index (χ0n) is 19.4. The highest BCUT2D eigenvalue weighted by Crippen LogP contribution is 2.21.